The van der Waals surface area contributed by atoms with Crippen molar-refractivity contribution in [2.24, 2.45) is 0 Å². The highest BCUT2D eigenvalue weighted by atomic mass is 35.5. The smallest absolute Gasteiger partial charge is 0.255 e. The van der Waals surface area contributed by atoms with Gasteiger partial charge in [-0.2, -0.15) is 0 Å². The summed E-state index contributed by atoms with van der Waals surface area (Å²) in [6.07, 6.45) is 0. The molecule has 0 aliphatic rings. The molecule has 7 heteroatoms. The third-order valence-electron chi connectivity index (χ3n) is 5.33. The quantitative estimate of drug-likeness (QED) is 0.453. The van der Waals surface area contributed by atoms with Crippen molar-refractivity contribution in [3.8, 4) is 11.5 Å². The summed E-state index contributed by atoms with van der Waals surface area (Å²) in [5.41, 5.74) is 2.49. The monoisotopic (exact) mass is 466 g/mol. The summed E-state index contributed by atoms with van der Waals surface area (Å²) in [4.78, 5) is 27.3. The van der Waals surface area contributed by atoms with Crippen LogP contribution in [0.15, 0.2) is 66.7 Å². The second-order valence-electron chi connectivity index (χ2n) is 7.46. The Labute approximate surface area is 199 Å². The van der Waals surface area contributed by atoms with E-state index >= 15 is 0 Å². The number of ether oxygens (including phenoxy) is 2. The molecule has 1 unspecified atom stereocenters. The maximum Gasteiger partial charge on any atom is 0.255 e. The summed E-state index contributed by atoms with van der Waals surface area (Å²) in [5, 5.41) is 3.22. The minimum Gasteiger partial charge on any atom is -0.493 e. The Balaban J connectivity index is 1.79. The molecule has 1 N–H and O–H groups in total. The van der Waals surface area contributed by atoms with Crippen molar-refractivity contribution in [1.29, 1.82) is 0 Å². The van der Waals surface area contributed by atoms with Crippen LogP contribution in [-0.4, -0.2) is 37.5 Å². The zero-order valence-corrected chi connectivity index (χ0v) is 19.8. The van der Waals surface area contributed by atoms with Crippen LogP contribution in [0, 0.1) is 0 Å². The first kappa shape index (κ1) is 24.1. The van der Waals surface area contributed by atoms with E-state index in [2.05, 4.69) is 5.32 Å². The van der Waals surface area contributed by atoms with E-state index in [0.29, 0.717) is 39.9 Å². The Bertz CT molecular complexity index is 1130. The van der Waals surface area contributed by atoms with E-state index < -0.39 is 0 Å². The van der Waals surface area contributed by atoms with Gasteiger partial charge in [0.05, 0.1) is 24.8 Å². The Morgan fingerprint density at radius 3 is 2.42 bits per heavy atom. The number of carbonyl (C=O) groups excluding carboxylic acids is 2. The zero-order chi connectivity index (χ0) is 24.0. The van der Waals surface area contributed by atoms with Crippen LogP contribution in [0.5, 0.6) is 11.5 Å². The molecule has 0 saturated carbocycles. The SMILES string of the molecule is CCOc1c(Cl)cc(C(=O)N(C)C(C)c2cccc(NC(=O)c3ccccc3)c2)cc1OC. The normalized spacial score (nSPS) is 11.4. The summed E-state index contributed by atoms with van der Waals surface area (Å²) in [6, 6.07) is 19.4. The number of hydrogen-bond acceptors (Lipinski definition) is 4. The van der Waals surface area contributed by atoms with Crippen LogP contribution in [0.3, 0.4) is 0 Å². The molecule has 0 spiro atoms. The summed E-state index contributed by atoms with van der Waals surface area (Å²) in [5.74, 6) is 0.403. The number of nitrogens with zero attached hydrogens (tertiary/aromatic N) is 1. The lowest BCUT2D eigenvalue weighted by molar-refractivity contribution is 0.0742. The van der Waals surface area contributed by atoms with Crippen molar-refractivity contribution in [3.05, 3.63) is 88.4 Å². The lowest BCUT2D eigenvalue weighted by Crippen LogP contribution is -2.29. The number of anilines is 1. The van der Waals surface area contributed by atoms with Crippen molar-refractivity contribution in [2.75, 3.05) is 26.1 Å². The van der Waals surface area contributed by atoms with Crippen LogP contribution in [0.25, 0.3) is 0 Å². The highest BCUT2D eigenvalue weighted by Gasteiger charge is 2.22. The maximum absolute atomic E-state index is 13.2. The molecule has 172 valence electrons. The van der Waals surface area contributed by atoms with Gasteiger partial charge >= 0.3 is 0 Å². The van der Waals surface area contributed by atoms with Gasteiger partial charge in [0.25, 0.3) is 11.8 Å². The van der Waals surface area contributed by atoms with E-state index in [1.807, 2.05) is 56.3 Å². The fourth-order valence-electron chi connectivity index (χ4n) is 3.40. The molecule has 3 rings (SSSR count). The molecule has 0 bridgehead atoms. The van der Waals surface area contributed by atoms with Gasteiger partial charge in [-0.3, -0.25) is 9.59 Å². The lowest BCUT2D eigenvalue weighted by Gasteiger charge is -2.26. The molecule has 0 aliphatic heterocycles. The molecule has 0 saturated heterocycles. The topological polar surface area (TPSA) is 67.9 Å². The second-order valence-corrected chi connectivity index (χ2v) is 7.87. The number of methoxy groups -OCH3 is 1. The van der Waals surface area contributed by atoms with Crippen molar-refractivity contribution in [1.82, 2.24) is 4.90 Å². The number of halogens is 1. The Morgan fingerprint density at radius 1 is 1.03 bits per heavy atom. The molecular formula is C26H27ClN2O4. The maximum atomic E-state index is 13.2. The predicted octanol–water partition coefficient (Wildman–Crippen LogP) is 5.83. The van der Waals surface area contributed by atoms with Crippen molar-refractivity contribution < 1.29 is 19.1 Å². The standard InChI is InChI=1S/C26H27ClN2O4/c1-5-33-24-22(27)15-20(16-23(24)32-4)26(31)29(3)17(2)19-12-9-13-21(14-19)28-25(30)18-10-7-6-8-11-18/h6-17H,5H2,1-4H3,(H,28,30). The number of carbonyl (C=O) groups is 2. The van der Waals surface area contributed by atoms with E-state index in [1.165, 1.54) is 7.11 Å². The average molecular weight is 467 g/mol. The Hall–Kier alpha value is -3.51. The summed E-state index contributed by atoms with van der Waals surface area (Å²) < 4.78 is 10.9. The Kier molecular flexibility index (Phi) is 7.96. The number of nitrogens with one attached hydrogen (secondary N) is 1. The third-order valence-corrected chi connectivity index (χ3v) is 5.61. The van der Waals surface area contributed by atoms with Crippen LogP contribution < -0.4 is 14.8 Å². The molecule has 0 aliphatic carbocycles. The number of benzene rings is 3. The summed E-state index contributed by atoms with van der Waals surface area (Å²) in [6.45, 7) is 4.20. The highest BCUT2D eigenvalue weighted by Crippen LogP contribution is 2.37. The molecule has 3 aromatic carbocycles. The van der Waals surface area contributed by atoms with Gasteiger partial charge in [0.1, 0.15) is 0 Å². The molecule has 0 fully saturated rings. The van der Waals surface area contributed by atoms with E-state index in [4.69, 9.17) is 21.1 Å². The highest BCUT2D eigenvalue weighted by molar-refractivity contribution is 6.32. The fourth-order valence-corrected chi connectivity index (χ4v) is 3.67. The zero-order valence-electron chi connectivity index (χ0n) is 19.1. The van der Waals surface area contributed by atoms with Gasteiger partial charge in [-0.05, 0) is 55.8 Å². The fraction of sp³-hybridized carbons (Fsp3) is 0.231. The molecule has 2 amide bonds. The van der Waals surface area contributed by atoms with Crippen LogP contribution in [0.1, 0.15) is 46.2 Å². The molecular weight excluding hydrogens is 440 g/mol. The number of amides is 2. The van der Waals surface area contributed by atoms with Gasteiger partial charge in [-0.15, -0.1) is 0 Å². The minimum absolute atomic E-state index is 0.194. The van der Waals surface area contributed by atoms with Gasteiger partial charge in [-0.1, -0.05) is 41.9 Å². The summed E-state index contributed by atoms with van der Waals surface area (Å²) in [7, 11) is 3.23. The first-order chi connectivity index (χ1) is 15.8. The van der Waals surface area contributed by atoms with Crippen molar-refractivity contribution >= 4 is 29.1 Å². The molecule has 0 radical (unpaired) electrons. The number of rotatable bonds is 8. The number of hydrogen-bond donors (Lipinski definition) is 1. The minimum atomic E-state index is -0.262. The first-order valence-corrected chi connectivity index (χ1v) is 11.0. The van der Waals surface area contributed by atoms with Gasteiger partial charge in [0, 0.05) is 23.9 Å². The second kappa shape index (κ2) is 10.9. The van der Waals surface area contributed by atoms with Crippen LogP contribution in [0.2, 0.25) is 5.02 Å². The Morgan fingerprint density at radius 2 is 1.76 bits per heavy atom. The lowest BCUT2D eigenvalue weighted by atomic mass is 10.0. The largest absolute Gasteiger partial charge is 0.493 e. The van der Waals surface area contributed by atoms with Crippen LogP contribution in [0.4, 0.5) is 5.69 Å². The molecule has 1 atom stereocenters. The molecule has 0 aromatic heterocycles. The first-order valence-electron chi connectivity index (χ1n) is 10.6. The van der Waals surface area contributed by atoms with Gasteiger partial charge in [0.2, 0.25) is 0 Å². The van der Waals surface area contributed by atoms with E-state index in [0.717, 1.165) is 5.56 Å². The average Bonchev–Trinajstić information content (AvgIpc) is 2.84. The van der Waals surface area contributed by atoms with Gasteiger partial charge in [0.15, 0.2) is 11.5 Å². The van der Waals surface area contributed by atoms with E-state index in [1.54, 1.807) is 36.2 Å². The van der Waals surface area contributed by atoms with Crippen molar-refractivity contribution in [3.63, 3.8) is 0 Å². The van der Waals surface area contributed by atoms with E-state index in [-0.39, 0.29) is 17.9 Å². The molecule has 33 heavy (non-hydrogen) atoms. The van der Waals surface area contributed by atoms with Crippen LogP contribution >= 0.6 is 11.6 Å². The molecule has 0 heterocycles. The van der Waals surface area contributed by atoms with E-state index in [9.17, 15) is 9.59 Å². The van der Waals surface area contributed by atoms with Crippen LogP contribution in [-0.2, 0) is 0 Å². The molecule has 3 aromatic rings. The van der Waals surface area contributed by atoms with Gasteiger partial charge in [-0.25, -0.2) is 0 Å². The third kappa shape index (κ3) is 5.65. The molecule has 6 nitrogen and oxygen atoms in total. The van der Waals surface area contributed by atoms with Gasteiger partial charge < -0.3 is 19.7 Å². The van der Waals surface area contributed by atoms with Crippen molar-refractivity contribution in [2.45, 2.75) is 19.9 Å². The summed E-state index contributed by atoms with van der Waals surface area (Å²) >= 11 is 6.34. The predicted molar refractivity (Wildman–Crippen MR) is 131 cm³/mol.